The molecule has 0 radical (unpaired) electrons. The van der Waals surface area contributed by atoms with Crippen LogP contribution in [0.3, 0.4) is 0 Å². The normalized spacial score (nSPS) is 11.8. The number of amides is 1. The maximum absolute atomic E-state index is 12.3. The summed E-state index contributed by atoms with van der Waals surface area (Å²) < 4.78 is 7.72. The molecule has 0 saturated carbocycles. The average molecular weight is 345 g/mol. The van der Waals surface area contributed by atoms with E-state index in [0.717, 1.165) is 11.0 Å². The minimum Gasteiger partial charge on any atom is -0.494 e. The maximum atomic E-state index is 12.3. The van der Waals surface area contributed by atoms with Crippen LogP contribution in [0.4, 0.5) is 0 Å². The molecule has 0 saturated heterocycles. The van der Waals surface area contributed by atoms with Gasteiger partial charge in [-0.2, -0.15) is 0 Å². The van der Waals surface area contributed by atoms with Gasteiger partial charge >= 0.3 is 11.1 Å². The van der Waals surface area contributed by atoms with Gasteiger partial charge in [0.25, 0.3) is 0 Å². The van der Waals surface area contributed by atoms with Crippen molar-refractivity contribution < 1.29 is 9.53 Å². The van der Waals surface area contributed by atoms with Gasteiger partial charge in [0.1, 0.15) is 12.3 Å². The monoisotopic (exact) mass is 345 g/mol. The van der Waals surface area contributed by atoms with Crippen molar-refractivity contribution in [2.24, 2.45) is 0 Å². The molecule has 0 aliphatic heterocycles. The summed E-state index contributed by atoms with van der Waals surface area (Å²) in [6.07, 6.45) is 3.71. The predicted molar refractivity (Wildman–Crippen MR) is 95.4 cm³/mol. The molecule has 0 fully saturated rings. The fourth-order valence-electron chi connectivity index (χ4n) is 2.28. The Morgan fingerprint density at radius 3 is 2.40 bits per heavy atom. The Bertz CT molecular complexity index is 837. The molecule has 0 aliphatic carbocycles. The summed E-state index contributed by atoms with van der Waals surface area (Å²) in [6.45, 7) is 6.09. The second-order valence-electron chi connectivity index (χ2n) is 5.71. The molecule has 0 spiro atoms. The van der Waals surface area contributed by atoms with Gasteiger partial charge in [-0.05, 0) is 44.5 Å². The van der Waals surface area contributed by atoms with Crippen molar-refractivity contribution in [3.8, 4) is 11.4 Å². The maximum Gasteiger partial charge on any atom is 0.320 e. The zero-order valence-corrected chi connectivity index (χ0v) is 14.7. The lowest BCUT2D eigenvalue weighted by Crippen LogP contribution is -2.43. The van der Waals surface area contributed by atoms with E-state index in [1.807, 2.05) is 20.8 Å². The van der Waals surface area contributed by atoms with Crippen molar-refractivity contribution in [3.63, 3.8) is 0 Å². The number of aromatic nitrogens is 2. The molecule has 1 N–H and O–H groups in total. The van der Waals surface area contributed by atoms with Gasteiger partial charge in [-0.1, -0.05) is 6.92 Å². The molecule has 1 atom stereocenters. The van der Waals surface area contributed by atoms with Gasteiger partial charge in [0.2, 0.25) is 5.91 Å². The highest BCUT2D eigenvalue weighted by Crippen LogP contribution is 2.13. The van der Waals surface area contributed by atoms with Gasteiger partial charge in [-0.3, -0.25) is 23.5 Å². The molecule has 2 rings (SSSR count). The summed E-state index contributed by atoms with van der Waals surface area (Å²) in [7, 11) is 0. The van der Waals surface area contributed by atoms with Crippen molar-refractivity contribution in [1.82, 2.24) is 14.5 Å². The SMILES string of the molecule is CCOc1ccc(-n2ccn(CC(=O)N[C@H](C)CC)c(=O)c2=O)cc1. The summed E-state index contributed by atoms with van der Waals surface area (Å²) in [4.78, 5) is 36.5. The third-order valence-electron chi connectivity index (χ3n) is 3.82. The molecule has 1 amide bonds. The van der Waals surface area contributed by atoms with E-state index < -0.39 is 11.1 Å². The molecular weight excluding hydrogens is 322 g/mol. The highest BCUT2D eigenvalue weighted by Gasteiger charge is 2.11. The Balaban J connectivity index is 2.24. The zero-order valence-electron chi connectivity index (χ0n) is 14.7. The van der Waals surface area contributed by atoms with Crippen LogP contribution in [0.15, 0.2) is 46.2 Å². The van der Waals surface area contributed by atoms with E-state index in [0.29, 0.717) is 18.0 Å². The quantitative estimate of drug-likeness (QED) is 0.767. The van der Waals surface area contributed by atoms with Crippen molar-refractivity contribution in [1.29, 1.82) is 0 Å². The van der Waals surface area contributed by atoms with E-state index in [-0.39, 0.29) is 18.5 Å². The third kappa shape index (κ3) is 4.59. The Kier molecular flexibility index (Phi) is 6.16. The third-order valence-corrected chi connectivity index (χ3v) is 3.82. The molecule has 0 aliphatic rings. The van der Waals surface area contributed by atoms with Crippen molar-refractivity contribution in [2.45, 2.75) is 39.8 Å². The van der Waals surface area contributed by atoms with Crippen LogP contribution in [-0.2, 0) is 11.3 Å². The summed E-state index contributed by atoms with van der Waals surface area (Å²) >= 11 is 0. The number of carbonyl (C=O) groups is 1. The van der Waals surface area contributed by atoms with E-state index in [2.05, 4.69) is 5.32 Å². The van der Waals surface area contributed by atoms with Crippen molar-refractivity contribution >= 4 is 5.91 Å². The van der Waals surface area contributed by atoms with Gasteiger partial charge in [-0.15, -0.1) is 0 Å². The molecule has 7 heteroatoms. The molecule has 25 heavy (non-hydrogen) atoms. The highest BCUT2D eigenvalue weighted by molar-refractivity contribution is 5.75. The van der Waals surface area contributed by atoms with Gasteiger partial charge in [0, 0.05) is 24.1 Å². The van der Waals surface area contributed by atoms with Gasteiger partial charge in [-0.25, -0.2) is 0 Å². The Labute approximate surface area is 145 Å². The Morgan fingerprint density at radius 2 is 1.80 bits per heavy atom. The van der Waals surface area contributed by atoms with E-state index >= 15 is 0 Å². The Hall–Kier alpha value is -2.83. The molecule has 1 aromatic carbocycles. The topological polar surface area (TPSA) is 82.3 Å². The van der Waals surface area contributed by atoms with E-state index in [1.54, 1.807) is 24.3 Å². The molecular formula is C18H23N3O4. The number of nitrogens with one attached hydrogen (secondary N) is 1. The molecule has 0 unspecified atom stereocenters. The van der Waals surface area contributed by atoms with Crippen molar-refractivity contribution in [2.75, 3.05) is 6.61 Å². The fraction of sp³-hybridized carbons (Fsp3) is 0.389. The minimum absolute atomic E-state index is 0.0208. The first kappa shape index (κ1) is 18.5. The van der Waals surface area contributed by atoms with E-state index in [4.69, 9.17) is 4.74 Å². The summed E-state index contributed by atoms with van der Waals surface area (Å²) in [5.74, 6) is 0.393. The standard InChI is InChI=1S/C18H23N3O4/c1-4-13(3)19-16(22)12-20-10-11-21(18(24)17(20)23)14-6-8-15(9-7-14)25-5-2/h6-11,13H,4-5,12H2,1-3H3,(H,19,22)/t13-/m1/s1. The first-order valence-electron chi connectivity index (χ1n) is 8.31. The van der Waals surface area contributed by atoms with Gasteiger partial charge < -0.3 is 10.1 Å². The highest BCUT2D eigenvalue weighted by atomic mass is 16.5. The number of rotatable bonds is 7. The first-order chi connectivity index (χ1) is 12.0. The molecule has 7 nitrogen and oxygen atoms in total. The van der Waals surface area contributed by atoms with Crippen LogP contribution in [0.5, 0.6) is 5.75 Å². The van der Waals surface area contributed by atoms with E-state index in [1.165, 1.54) is 17.0 Å². The Morgan fingerprint density at radius 1 is 1.12 bits per heavy atom. The molecule has 1 aromatic heterocycles. The number of carbonyl (C=O) groups excluding carboxylic acids is 1. The number of benzene rings is 1. The number of hydrogen-bond acceptors (Lipinski definition) is 4. The lowest BCUT2D eigenvalue weighted by atomic mass is 10.2. The zero-order chi connectivity index (χ0) is 18.4. The van der Waals surface area contributed by atoms with Gasteiger partial charge in [0.05, 0.1) is 6.61 Å². The van der Waals surface area contributed by atoms with Crippen LogP contribution in [0, 0.1) is 0 Å². The summed E-state index contributed by atoms with van der Waals surface area (Å²) in [5, 5.41) is 2.77. The number of ether oxygens (including phenoxy) is 1. The average Bonchev–Trinajstić information content (AvgIpc) is 2.60. The summed E-state index contributed by atoms with van der Waals surface area (Å²) in [6, 6.07) is 6.89. The predicted octanol–water partition coefficient (Wildman–Crippen LogP) is 1.31. The lowest BCUT2D eigenvalue weighted by Gasteiger charge is -2.13. The summed E-state index contributed by atoms with van der Waals surface area (Å²) in [5.41, 5.74) is -0.888. The van der Waals surface area contributed by atoms with Crippen LogP contribution in [0.2, 0.25) is 0 Å². The van der Waals surface area contributed by atoms with Crippen LogP contribution < -0.4 is 21.2 Å². The molecule has 2 aromatic rings. The van der Waals surface area contributed by atoms with Crippen LogP contribution in [0.25, 0.3) is 5.69 Å². The molecule has 1 heterocycles. The van der Waals surface area contributed by atoms with Gasteiger partial charge in [0.15, 0.2) is 0 Å². The van der Waals surface area contributed by atoms with E-state index in [9.17, 15) is 14.4 Å². The largest absolute Gasteiger partial charge is 0.494 e. The van der Waals surface area contributed by atoms with Crippen LogP contribution in [0.1, 0.15) is 27.2 Å². The van der Waals surface area contributed by atoms with Crippen LogP contribution in [-0.4, -0.2) is 27.7 Å². The first-order valence-corrected chi connectivity index (χ1v) is 8.31. The fourth-order valence-corrected chi connectivity index (χ4v) is 2.28. The lowest BCUT2D eigenvalue weighted by molar-refractivity contribution is -0.122. The molecule has 134 valence electrons. The second-order valence-corrected chi connectivity index (χ2v) is 5.71. The van der Waals surface area contributed by atoms with Crippen LogP contribution >= 0.6 is 0 Å². The molecule has 0 bridgehead atoms. The number of hydrogen-bond donors (Lipinski definition) is 1. The second kappa shape index (κ2) is 8.32. The minimum atomic E-state index is -0.740. The number of nitrogens with zero attached hydrogens (tertiary/aromatic N) is 2. The van der Waals surface area contributed by atoms with Crippen molar-refractivity contribution in [3.05, 3.63) is 57.4 Å². The smallest absolute Gasteiger partial charge is 0.320 e.